The fourth-order valence-electron chi connectivity index (χ4n) is 3.75. The summed E-state index contributed by atoms with van der Waals surface area (Å²) in [6, 6.07) is 17.0. The molecule has 1 fully saturated rings. The van der Waals surface area contributed by atoms with Gasteiger partial charge in [0.15, 0.2) is 5.96 Å². The predicted molar refractivity (Wildman–Crippen MR) is 144 cm³/mol. The molecule has 1 aliphatic heterocycles. The van der Waals surface area contributed by atoms with Gasteiger partial charge in [0.2, 0.25) is 0 Å². The van der Waals surface area contributed by atoms with E-state index in [0.717, 1.165) is 63.9 Å². The van der Waals surface area contributed by atoms with Gasteiger partial charge in [0.05, 0.1) is 13.7 Å². The number of hydrogen-bond donors (Lipinski definition) is 2. The van der Waals surface area contributed by atoms with Crippen molar-refractivity contribution in [3.63, 3.8) is 0 Å². The smallest absolute Gasteiger partial charge is 0.191 e. The Morgan fingerprint density at radius 3 is 2.34 bits per heavy atom. The maximum Gasteiger partial charge on any atom is 0.191 e. The molecule has 1 heterocycles. The van der Waals surface area contributed by atoms with Crippen molar-refractivity contribution >= 4 is 29.9 Å². The topological polar surface area (TPSA) is 52.1 Å². The Bertz CT molecular complexity index is 819. The SMILES string of the molecule is CCNC(=NCc1ccc(CN2CCN(C)CC2)cc1)NCCc1ccccc1OC.I. The molecule has 6 nitrogen and oxygen atoms in total. The molecule has 1 saturated heterocycles. The van der Waals surface area contributed by atoms with Gasteiger partial charge in [-0.2, -0.15) is 0 Å². The zero-order valence-corrected chi connectivity index (χ0v) is 22.0. The Morgan fingerprint density at radius 1 is 0.969 bits per heavy atom. The molecule has 0 spiro atoms. The Kier molecular flexibility index (Phi) is 11.8. The molecule has 3 rings (SSSR count). The summed E-state index contributed by atoms with van der Waals surface area (Å²) in [5.74, 6) is 1.78. The maximum absolute atomic E-state index is 5.44. The highest BCUT2D eigenvalue weighted by Crippen LogP contribution is 2.17. The van der Waals surface area contributed by atoms with E-state index in [1.807, 2.05) is 18.2 Å². The summed E-state index contributed by atoms with van der Waals surface area (Å²) in [4.78, 5) is 9.68. The number of halogens is 1. The average molecular weight is 552 g/mol. The molecule has 2 aromatic rings. The van der Waals surface area contributed by atoms with E-state index >= 15 is 0 Å². The van der Waals surface area contributed by atoms with Crippen molar-refractivity contribution in [1.29, 1.82) is 0 Å². The van der Waals surface area contributed by atoms with Gasteiger partial charge in [0.1, 0.15) is 5.75 Å². The standard InChI is InChI=1S/C25H37N5O.HI/c1-4-26-25(27-14-13-23-7-5-6-8-24(23)31-3)28-19-21-9-11-22(12-10-21)20-30-17-15-29(2)16-18-30;/h5-12H,4,13-20H2,1-3H3,(H2,26,27,28);1H. The van der Waals surface area contributed by atoms with Crippen LogP contribution in [0.5, 0.6) is 5.75 Å². The number of benzene rings is 2. The van der Waals surface area contributed by atoms with Gasteiger partial charge in [-0.3, -0.25) is 4.90 Å². The van der Waals surface area contributed by atoms with Gasteiger partial charge in [-0.15, -0.1) is 24.0 Å². The van der Waals surface area contributed by atoms with Crippen molar-refractivity contribution in [2.45, 2.75) is 26.4 Å². The highest BCUT2D eigenvalue weighted by atomic mass is 127. The van der Waals surface area contributed by atoms with Gasteiger partial charge in [-0.25, -0.2) is 4.99 Å². The van der Waals surface area contributed by atoms with Crippen molar-refractivity contribution in [3.05, 3.63) is 65.2 Å². The van der Waals surface area contributed by atoms with E-state index in [2.05, 4.69) is 64.7 Å². The van der Waals surface area contributed by atoms with Crippen LogP contribution in [0.2, 0.25) is 0 Å². The van der Waals surface area contributed by atoms with Crippen molar-refractivity contribution in [2.75, 3.05) is 53.4 Å². The summed E-state index contributed by atoms with van der Waals surface area (Å²) in [7, 11) is 3.91. The Morgan fingerprint density at radius 2 is 1.66 bits per heavy atom. The van der Waals surface area contributed by atoms with Crippen LogP contribution in [0.25, 0.3) is 0 Å². The molecular formula is C25H38IN5O. The molecule has 2 N–H and O–H groups in total. The van der Waals surface area contributed by atoms with Gasteiger partial charge in [0, 0.05) is 45.8 Å². The minimum Gasteiger partial charge on any atom is -0.496 e. The maximum atomic E-state index is 5.44. The number of aliphatic imine (C=N–C) groups is 1. The molecule has 32 heavy (non-hydrogen) atoms. The number of nitrogens with one attached hydrogen (secondary N) is 2. The van der Waals surface area contributed by atoms with E-state index < -0.39 is 0 Å². The molecule has 0 aliphatic carbocycles. The fraction of sp³-hybridized carbons (Fsp3) is 0.480. The van der Waals surface area contributed by atoms with E-state index in [4.69, 9.17) is 9.73 Å². The van der Waals surface area contributed by atoms with Crippen LogP contribution in [-0.2, 0) is 19.5 Å². The van der Waals surface area contributed by atoms with Gasteiger partial charge >= 0.3 is 0 Å². The largest absolute Gasteiger partial charge is 0.496 e. The second-order valence-electron chi connectivity index (χ2n) is 8.08. The molecule has 7 heteroatoms. The number of piperazine rings is 1. The number of nitrogens with zero attached hydrogens (tertiary/aromatic N) is 3. The van der Waals surface area contributed by atoms with Crippen LogP contribution < -0.4 is 15.4 Å². The Balaban J connectivity index is 0.00000363. The van der Waals surface area contributed by atoms with E-state index in [1.54, 1.807) is 7.11 Å². The van der Waals surface area contributed by atoms with Crippen molar-refractivity contribution in [3.8, 4) is 5.75 Å². The fourth-order valence-corrected chi connectivity index (χ4v) is 3.75. The summed E-state index contributed by atoms with van der Waals surface area (Å²) in [6.07, 6.45) is 0.884. The zero-order valence-electron chi connectivity index (χ0n) is 19.6. The third kappa shape index (κ3) is 8.60. The number of guanidine groups is 1. The monoisotopic (exact) mass is 551 g/mol. The van der Waals surface area contributed by atoms with Crippen molar-refractivity contribution in [1.82, 2.24) is 20.4 Å². The van der Waals surface area contributed by atoms with E-state index in [-0.39, 0.29) is 24.0 Å². The molecular weight excluding hydrogens is 513 g/mol. The number of para-hydroxylation sites is 1. The quantitative estimate of drug-likeness (QED) is 0.285. The minimum absolute atomic E-state index is 0. The number of likely N-dealkylation sites (N-methyl/N-ethyl adjacent to an activating group) is 1. The lowest BCUT2D eigenvalue weighted by atomic mass is 10.1. The summed E-state index contributed by atoms with van der Waals surface area (Å²) in [5.41, 5.74) is 3.80. The van der Waals surface area contributed by atoms with Crippen molar-refractivity contribution in [2.24, 2.45) is 4.99 Å². The number of methoxy groups -OCH3 is 1. The highest BCUT2D eigenvalue weighted by molar-refractivity contribution is 14.0. The Hall–Kier alpha value is -1.84. The van der Waals surface area contributed by atoms with Crippen LogP contribution in [0, 0.1) is 0 Å². The first-order chi connectivity index (χ1) is 15.2. The van der Waals surface area contributed by atoms with E-state index in [0.29, 0.717) is 6.54 Å². The summed E-state index contributed by atoms with van der Waals surface area (Å²) < 4.78 is 5.44. The van der Waals surface area contributed by atoms with Gasteiger partial charge in [0.25, 0.3) is 0 Å². The lowest BCUT2D eigenvalue weighted by Gasteiger charge is -2.32. The van der Waals surface area contributed by atoms with Crippen molar-refractivity contribution < 1.29 is 4.74 Å². The van der Waals surface area contributed by atoms with Crippen LogP contribution in [0.15, 0.2) is 53.5 Å². The normalized spacial score (nSPS) is 15.2. The van der Waals surface area contributed by atoms with Gasteiger partial charge in [-0.05, 0) is 43.1 Å². The molecule has 0 unspecified atom stereocenters. The second-order valence-corrected chi connectivity index (χ2v) is 8.08. The van der Waals surface area contributed by atoms with Crippen LogP contribution in [0.1, 0.15) is 23.6 Å². The lowest BCUT2D eigenvalue weighted by Crippen LogP contribution is -2.43. The first kappa shape index (κ1) is 26.4. The minimum atomic E-state index is 0. The number of hydrogen-bond acceptors (Lipinski definition) is 4. The summed E-state index contributed by atoms with van der Waals surface area (Å²) in [5, 5.41) is 6.77. The molecule has 2 aromatic carbocycles. The first-order valence-electron chi connectivity index (χ1n) is 11.3. The lowest BCUT2D eigenvalue weighted by molar-refractivity contribution is 0.148. The van der Waals surface area contributed by atoms with Crippen LogP contribution in [-0.4, -0.2) is 69.2 Å². The zero-order chi connectivity index (χ0) is 21.9. The molecule has 0 bridgehead atoms. The van der Waals surface area contributed by atoms with Gasteiger partial charge < -0.3 is 20.3 Å². The molecule has 0 aromatic heterocycles. The van der Waals surface area contributed by atoms with Crippen LogP contribution in [0.3, 0.4) is 0 Å². The molecule has 0 amide bonds. The van der Waals surface area contributed by atoms with E-state index in [9.17, 15) is 0 Å². The number of ether oxygens (including phenoxy) is 1. The highest BCUT2D eigenvalue weighted by Gasteiger charge is 2.13. The molecule has 176 valence electrons. The summed E-state index contributed by atoms with van der Waals surface area (Å²) >= 11 is 0. The second kappa shape index (κ2) is 14.3. The predicted octanol–water partition coefficient (Wildman–Crippen LogP) is 3.36. The number of rotatable bonds is 9. The molecule has 0 saturated carbocycles. The molecule has 1 aliphatic rings. The Labute approximate surface area is 210 Å². The molecule has 0 atom stereocenters. The summed E-state index contributed by atoms with van der Waals surface area (Å²) in [6.45, 7) is 10.0. The third-order valence-electron chi connectivity index (χ3n) is 5.67. The average Bonchev–Trinajstić information content (AvgIpc) is 2.80. The third-order valence-corrected chi connectivity index (χ3v) is 5.67. The molecule has 0 radical (unpaired) electrons. The van der Waals surface area contributed by atoms with Crippen LogP contribution in [0.4, 0.5) is 0 Å². The van der Waals surface area contributed by atoms with E-state index in [1.165, 1.54) is 16.7 Å². The first-order valence-corrected chi connectivity index (χ1v) is 11.3. The van der Waals surface area contributed by atoms with Crippen LogP contribution >= 0.6 is 24.0 Å². The van der Waals surface area contributed by atoms with Gasteiger partial charge in [-0.1, -0.05) is 42.5 Å².